The second-order valence-corrected chi connectivity index (χ2v) is 5.95. The lowest BCUT2D eigenvalue weighted by Crippen LogP contribution is -2.50. The summed E-state index contributed by atoms with van der Waals surface area (Å²) in [7, 11) is 4.29. The predicted octanol–water partition coefficient (Wildman–Crippen LogP) is 2.00. The van der Waals surface area contributed by atoms with Crippen molar-refractivity contribution in [1.29, 1.82) is 0 Å². The van der Waals surface area contributed by atoms with Crippen LogP contribution in [-0.4, -0.2) is 63.4 Å². The molecule has 0 aliphatic carbocycles. The molecule has 7 nitrogen and oxygen atoms in total. The molecule has 0 aromatic heterocycles. The Bertz CT molecular complexity index is 675. The number of methoxy groups -OCH3 is 3. The zero-order valence-electron chi connectivity index (χ0n) is 15.2. The van der Waals surface area contributed by atoms with Gasteiger partial charge in [0, 0.05) is 24.7 Å². The van der Waals surface area contributed by atoms with Crippen LogP contribution in [0.15, 0.2) is 12.1 Å². The fourth-order valence-electron chi connectivity index (χ4n) is 2.89. The van der Waals surface area contributed by atoms with Crippen LogP contribution in [0.4, 0.5) is 13.2 Å². The third kappa shape index (κ3) is 4.75. The zero-order valence-corrected chi connectivity index (χ0v) is 15.2. The highest BCUT2D eigenvalue weighted by atomic mass is 19.4. The van der Waals surface area contributed by atoms with Crippen molar-refractivity contribution >= 4 is 11.8 Å². The Hall–Kier alpha value is -2.65. The molecule has 1 saturated heterocycles. The molecule has 0 saturated carbocycles. The van der Waals surface area contributed by atoms with Crippen LogP contribution in [0.5, 0.6) is 17.2 Å². The molecule has 2 rings (SSSR count). The van der Waals surface area contributed by atoms with E-state index in [-0.39, 0.29) is 37.5 Å². The molecule has 27 heavy (non-hydrogen) atoms. The second-order valence-electron chi connectivity index (χ2n) is 5.95. The van der Waals surface area contributed by atoms with Gasteiger partial charge >= 0.3 is 12.1 Å². The Kier molecular flexibility index (Phi) is 6.40. The lowest BCUT2D eigenvalue weighted by molar-refractivity contribution is -0.186. The number of ether oxygens (including phenoxy) is 3. The van der Waals surface area contributed by atoms with Crippen molar-refractivity contribution in [3.8, 4) is 17.2 Å². The Morgan fingerprint density at radius 3 is 1.96 bits per heavy atom. The molecular formula is C17H21F3N2O5. The van der Waals surface area contributed by atoms with Crippen LogP contribution in [-0.2, 0) is 4.79 Å². The highest BCUT2D eigenvalue weighted by molar-refractivity contribution is 5.95. The van der Waals surface area contributed by atoms with E-state index in [1.807, 2.05) is 0 Å². The van der Waals surface area contributed by atoms with Crippen LogP contribution in [0, 0.1) is 0 Å². The van der Waals surface area contributed by atoms with E-state index in [1.54, 1.807) is 0 Å². The van der Waals surface area contributed by atoms with Crippen molar-refractivity contribution in [2.24, 2.45) is 0 Å². The lowest BCUT2D eigenvalue weighted by Gasteiger charge is -2.32. The smallest absolute Gasteiger partial charge is 0.471 e. The number of carbonyl (C=O) groups is 2. The van der Waals surface area contributed by atoms with Crippen LogP contribution in [0.3, 0.4) is 0 Å². The first-order chi connectivity index (χ1) is 12.7. The summed E-state index contributed by atoms with van der Waals surface area (Å²) < 4.78 is 53.0. The number of alkyl halides is 3. The van der Waals surface area contributed by atoms with Gasteiger partial charge in [-0.15, -0.1) is 0 Å². The summed E-state index contributed by atoms with van der Waals surface area (Å²) in [6.45, 7) is -0.142. The molecule has 0 unspecified atom stereocenters. The normalized spacial score (nSPS) is 15.3. The number of carbonyl (C=O) groups excluding carboxylic acids is 2. The quantitative estimate of drug-likeness (QED) is 0.832. The van der Waals surface area contributed by atoms with Gasteiger partial charge in [-0.2, -0.15) is 13.2 Å². The first-order valence-corrected chi connectivity index (χ1v) is 8.18. The maximum Gasteiger partial charge on any atom is 0.471 e. The number of hydrogen-bond donors (Lipinski definition) is 1. The summed E-state index contributed by atoms with van der Waals surface area (Å²) in [5, 5.41) is 2.76. The summed E-state index contributed by atoms with van der Waals surface area (Å²) in [5.74, 6) is -1.30. The molecule has 0 atom stereocenters. The van der Waals surface area contributed by atoms with E-state index in [4.69, 9.17) is 14.2 Å². The Morgan fingerprint density at radius 1 is 1.04 bits per heavy atom. The molecule has 1 heterocycles. The fraction of sp³-hybridized carbons (Fsp3) is 0.529. The van der Waals surface area contributed by atoms with Crippen LogP contribution in [0.25, 0.3) is 0 Å². The van der Waals surface area contributed by atoms with E-state index in [2.05, 4.69) is 5.32 Å². The van der Waals surface area contributed by atoms with Crippen LogP contribution >= 0.6 is 0 Å². The molecule has 1 N–H and O–H groups in total. The number of nitrogens with zero attached hydrogens (tertiary/aromatic N) is 1. The number of rotatable bonds is 5. The number of benzene rings is 1. The zero-order chi connectivity index (χ0) is 20.2. The van der Waals surface area contributed by atoms with Gasteiger partial charge in [-0.3, -0.25) is 9.59 Å². The molecule has 1 aliphatic heterocycles. The van der Waals surface area contributed by atoms with Gasteiger partial charge in [0.05, 0.1) is 21.3 Å². The number of nitrogens with one attached hydrogen (secondary N) is 1. The summed E-state index contributed by atoms with van der Waals surface area (Å²) in [5.41, 5.74) is 0.262. The largest absolute Gasteiger partial charge is 0.493 e. The van der Waals surface area contributed by atoms with Gasteiger partial charge in [-0.1, -0.05) is 0 Å². The van der Waals surface area contributed by atoms with Crippen molar-refractivity contribution in [1.82, 2.24) is 10.2 Å². The minimum atomic E-state index is -4.88. The SMILES string of the molecule is COc1cc(C(=O)NC2CCN(C(=O)C(F)(F)F)CC2)cc(OC)c1OC. The minimum Gasteiger partial charge on any atom is -0.493 e. The van der Waals surface area contributed by atoms with Crippen molar-refractivity contribution in [2.45, 2.75) is 25.1 Å². The van der Waals surface area contributed by atoms with Crippen molar-refractivity contribution in [3.63, 3.8) is 0 Å². The predicted molar refractivity (Wildman–Crippen MR) is 89.2 cm³/mol. The molecule has 10 heteroatoms. The number of amides is 2. The average Bonchev–Trinajstić information content (AvgIpc) is 2.65. The Morgan fingerprint density at radius 2 is 1.56 bits per heavy atom. The molecule has 150 valence electrons. The first-order valence-electron chi connectivity index (χ1n) is 8.18. The van der Waals surface area contributed by atoms with Gasteiger partial charge in [-0.05, 0) is 25.0 Å². The molecule has 1 aromatic rings. The van der Waals surface area contributed by atoms with Gasteiger partial charge in [0.2, 0.25) is 5.75 Å². The molecule has 0 radical (unpaired) electrons. The molecule has 1 fully saturated rings. The topological polar surface area (TPSA) is 77.1 Å². The van der Waals surface area contributed by atoms with Crippen molar-refractivity contribution < 1.29 is 37.0 Å². The number of likely N-dealkylation sites (tertiary alicyclic amines) is 1. The average molecular weight is 390 g/mol. The molecular weight excluding hydrogens is 369 g/mol. The van der Waals surface area contributed by atoms with Gasteiger partial charge in [0.15, 0.2) is 11.5 Å². The monoisotopic (exact) mass is 390 g/mol. The molecule has 1 aliphatic rings. The van der Waals surface area contributed by atoms with E-state index in [1.165, 1.54) is 33.5 Å². The maximum atomic E-state index is 12.5. The maximum absolute atomic E-state index is 12.5. The van der Waals surface area contributed by atoms with Crippen molar-refractivity contribution in [3.05, 3.63) is 17.7 Å². The van der Waals surface area contributed by atoms with E-state index >= 15 is 0 Å². The number of piperidine rings is 1. The fourth-order valence-corrected chi connectivity index (χ4v) is 2.89. The lowest BCUT2D eigenvalue weighted by atomic mass is 10.0. The Balaban J connectivity index is 2.03. The molecule has 1 aromatic carbocycles. The highest BCUT2D eigenvalue weighted by Crippen LogP contribution is 2.38. The molecule has 0 bridgehead atoms. The van der Waals surface area contributed by atoms with Crippen LogP contribution in [0.1, 0.15) is 23.2 Å². The van der Waals surface area contributed by atoms with Gasteiger partial charge < -0.3 is 24.4 Å². The van der Waals surface area contributed by atoms with Gasteiger partial charge in [0.25, 0.3) is 5.91 Å². The first kappa shape index (κ1) is 20.7. The summed E-state index contributed by atoms with van der Waals surface area (Å²) >= 11 is 0. The number of halogens is 3. The van der Waals surface area contributed by atoms with Crippen LogP contribution < -0.4 is 19.5 Å². The highest BCUT2D eigenvalue weighted by Gasteiger charge is 2.43. The summed E-state index contributed by atoms with van der Waals surface area (Å²) in [6.07, 6.45) is -4.41. The van der Waals surface area contributed by atoms with Crippen LogP contribution in [0.2, 0.25) is 0 Å². The van der Waals surface area contributed by atoms with E-state index in [0.29, 0.717) is 17.2 Å². The minimum absolute atomic E-state index is 0.0709. The van der Waals surface area contributed by atoms with E-state index < -0.39 is 18.0 Å². The summed E-state index contributed by atoms with van der Waals surface area (Å²) in [4.78, 5) is 24.5. The number of hydrogen-bond acceptors (Lipinski definition) is 5. The van der Waals surface area contributed by atoms with E-state index in [0.717, 1.165) is 4.90 Å². The Labute approximate surface area is 154 Å². The third-order valence-corrected chi connectivity index (χ3v) is 4.29. The third-order valence-electron chi connectivity index (χ3n) is 4.29. The van der Waals surface area contributed by atoms with E-state index in [9.17, 15) is 22.8 Å². The molecule has 2 amide bonds. The van der Waals surface area contributed by atoms with Gasteiger partial charge in [-0.25, -0.2) is 0 Å². The summed E-state index contributed by atoms with van der Waals surface area (Å²) in [6, 6.07) is 2.63. The molecule has 0 spiro atoms. The standard InChI is InChI=1S/C17H21F3N2O5/c1-25-12-8-10(9-13(26-2)14(12)27-3)15(23)21-11-4-6-22(7-5-11)16(24)17(18,19)20/h8-9,11H,4-7H2,1-3H3,(H,21,23). The van der Waals surface area contributed by atoms with Crippen molar-refractivity contribution in [2.75, 3.05) is 34.4 Å². The second kappa shape index (κ2) is 8.36. The van der Waals surface area contributed by atoms with Gasteiger partial charge in [0.1, 0.15) is 0 Å².